The van der Waals surface area contributed by atoms with Gasteiger partial charge in [-0.1, -0.05) is 12.1 Å². The molecule has 0 spiro atoms. The van der Waals surface area contributed by atoms with Crippen LogP contribution in [0.3, 0.4) is 0 Å². The Morgan fingerprint density at radius 3 is 2.18 bits per heavy atom. The van der Waals surface area contributed by atoms with Gasteiger partial charge < -0.3 is 4.74 Å². The highest BCUT2D eigenvalue weighted by Crippen LogP contribution is 2.28. The van der Waals surface area contributed by atoms with Crippen molar-refractivity contribution in [2.24, 2.45) is 0 Å². The molecule has 8 heteroatoms. The fraction of sp³-hybridized carbons (Fsp3) is 0.200. The number of sulfone groups is 1. The van der Waals surface area contributed by atoms with Crippen LogP contribution in [-0.2, 0) is 9.84 Å². The van der Waals surface area contributed by atoms with Gasteiger partial charge in [0, 0.05) is 11.8 Å². The van der Waals surface area contributed by atoms with Crippen LogP contribution >= 0.6 is 0 Å². The van der Waals surface area contributed by atoms with Crippen LogP contribution in [0.4, 0.5) is 4.39 Å². The molecule has 0 saturated heterocycles. The summed E-state index contributed by atoms with van der Waals surface area (Å²) in [5.74, 6) is -0.334. The summed E-state index contributed by atoms with van der Waals surface area (Å²) < 4.78 is 43.4. The normalized spacial score (nSPS) is 11.6. The summed E-state index contributed by atoms with van der Waals surface area (Å²) >= 11 is 0. The molecule has 3 rings (SSSR count). The molecule has 28 heavy (non-hydrogen) atoms. The Morgan fingerprint density at radius 2 is 1.64 bits per heavy atom. The molecule has 0 unspecified atom stereocenters. The molecule has 0 bridgehead atoms. The van der Waals surface area contributed by atoms with Gasteiger partial charge in [0.2, 0.25) is 0 Å². The number of aromatic nitrogens is 2. The molecule has 6 nitrogen and oxygen atoms in total. The van der Waals surface area contributed by atoms with Crippen molar-refractivity contribution in [1.82, 2.24) is 9.78 Å². The minimum atomic E-state index is -3.33. The van der Waals surface area contributed by atoms with E-state index >= 15 is 0 Å². The van der Waals surface area contributed by atoms with Crippen molar-refractivity contribution >= 4 is 9.84 Å². The maximum absolute atomic E-state index is 13.2. The van der Waals surface area contributed by atoms with E-state index in [1.165, 1.54) is 42.6 Å². The molecule has 0 aliphatic heterocycles. The summed E-state index contributed by atoms with van der Waals surface area (Å²) in [6.07, 6.45) is 2.32. The zero-order valence-corrected chi connectivity index (χ0v) is 16.4. The lowest BCUT2D eigenvalue weighted by Gasteiger charge is -2.15. The topological polar surface area (TPSA) is 78.3 Å². The fourth-order valence-corrected chi connectivity index (χ4v) is 3.27. The number of hydrogen-bond donors (Lipinski definition) is 0. The Kier molecular flexibility index (Phi) is 5.33. The van der Waals surface area contributed by atoms with Crippen LogP contribution in [-0.4, -0.2) is 30.6 Å². The van der Waals surface area contributed by atoms with E-state index in [0.717, 1.165) is 10.9 Å². The first kappa shape index (κ1) is 19.8. The van der Waals surface area contributed by atoms with E-state index in [1.807, 2.05) is 0 Å². The quantitative estimate of drug-likeness (QED) is 0.655. The summed E-state index contributed by atoms with van der Waals surface area (Å²) in [5.41, 5.74) is 0.944. The number of halogens is 1. The van der Waals surface area contributed by atoms with E-state index in [-0.39, 0.29) is 16.7 Å². The zero-order chi connectivity index (χ0) is 20.5. The van der Waals surface area contributed by atoms with E-state index < -0.39 is 21.2 Å². The first-order chi connectivity index (χ1) is 13.2. The molecule has 1 heterocycles. The third kappa shape index (κ3) is 4.12. The molecule has 146 valence electrons. The number of rotatable bonds is 5. The summed E-state index contributed by atoms with van der Waals surface area (Å²) in [6.45, 7) is 3.58. The van der Waals surface area contributed by atoms with Crippen molar-refractivity contribution in [3.8, 4) is 22.6 Å². The van der Waals surface area contributed by atoms with Crippen LogP contribution in [0.2, 0.25) is 0 Å². The highest BCUT2D eigenvalue weighted by atomic mass is 32.2. The highest BCUT2D eigenvalue weighted by Gasteiger charge is 2.17. The number of benzene rings is 2. The van der Waals surface area contributed by atoms with Crippen LogP contribution < -0.4 is 10.3 Å². The Hall–Kier alpha value is -3.00. The maximum atomic E-state index is 13.2. The van der Waals surface area contributed by atoms with Gasteiger partial charge in [-0.05, 0) is 55.8 Å². The smallest absolute Gasteiger partial charge is 0.314 e. The van der Waals surface area contributed by atoms with Crippen molar-refractivity contribution in [3.63, 3.8) is 0 Å². The molecule has 2 aromatic carbocycles. The molecule has 0 radical (unpaired) electrons. The summed E-state index contributed by atoms with van der Waals surface area (Å²) in [5, 5.41) is 4.18. The third-order valence-electron chi connectivity index (χ3n) is 3.95. The summed E-state index contributed by atoms with van der Waals surface area (Å²) in [4.78, 5) is 13.2. The molecule has 0 atom stereocenters. The summed E-state index contributed by atoms with van der Waals surface area (Å²) in [6, 6.07) is 11.5. The Bertz CT molecular complexity index is 1150. The van der Waals surface area contributed by atoms with Gasteiger partial charge in [0.15, 0.2) is 15.6 Å². The van der Waals surface area contributed by atoms with Gasteiger partial charge in [-0.3, -0.25) is 4.79 Å². The van der Waals surface area contributed by atoms with Gasteiger partial charge in [-0.15, -0.1) is 0 Å². The van der Waals surface area contributed by atoms with Crippen molar-refractivity contribution in [2.75, 3.05) is 6.26 Å². The minimum absolute atomic E-state index is 0.0847. The molecule has 0 amide bonds. The molecule has 0 fully saturated rings. The molecule has 1 aromatic heterocycles. The maximum Gasteiger partial charge on any atom is 0.314 e. The average molecular weight is 402 g/mol. The predicted molar refractivity (Wildman–Crippen MR) is 104 cm³/mol. The lowest BCUT2D eigenvalue weighted by Crippen LogP contribution is -2.25. The van der Waals surface area contributed by atoms with Crippen LogP contribution in [0.25, 0.3) is 16.8 Å². The van der Waals surface area contributed by atoms with E-state index in [0.29, 0.717) is 16.8 Å². The van der Waals surface area contributed by atoms with Crippen LogP contribution in [0.5, 0.6) is 5.75 Å². The van der Waals surface area contributed by atoms with Crippen LogP contribution in [0.15, 0.2) is 64.4 Å². The Labute approximate surface area is 162 Å². The van der Waals surface area contributed by atoms with Crippen LogP contribution in [0, 0.1) is 5.82 Å². The molecular formula is C20H19FN2O4S. The second kappa shape index (κ2) is 7.55. The Balaban J connectivity index is 2.15. The lowest BCUT2D eigenvalue weighted by molar-refractivity contribution is 0.238. The molecule has 0 aliphatic rings. The van der Waals surface area contributed by atoms with Gasteiger partial charge in [0.05, 0.1) is 22.9 Å². The summed E-state index contributed by atoms with van der Waals surface area (Å²) in [7, 11) is -3.33. The second-order valence-corrected chi connectivity index (χ2v) is 8.56. The number of ether oxygens (including phenoxy) is 1. The monoisotopic (exact) mass is 402 g/mol. The van der Waals surface area contributed by atoms with Gasteiger partial charge in [0.25, 0.3) is 0 Å². The SMILES string of the molecule is CC(C)Oc1c(-c2ccc(S(C)(=O)=O)cc2)cnn(-c2ccc(F)cc2)c1=O. The van der Waals surface area contributed by atoms with Gasteiger partial charge in [-0.25, -0.2) is 12.8 Å². The standard InChI is InChI=1S/C20H19FN2O4S/c1-13(2)27-19-18(14-4-10-17(11-5-14)28(3,25)26)12-22-23(20(19)24)16-8-6-15(21)7-9-16/h4-13H,1-3H3. The van der Waals surface area contributed by atoms with Crippen molar-refractivity contribution in [2.45, 2.75) is 24.8 Å². The van der Waals surface area contributed by atoms with Gasteiger partial charge >= 0.3 is 5.56 Å². The van der Waals surface area contributed by atoms with E-state index in [9.17, 15) is 17.6 Å². The fourth-order valence-electron chi connectivity index (χ4n) is 2.64. The lowest BCUT2D eigenvalue weighted by atomic mass is 10.1. The highest BCUT2D eigenvalue weighted by molar-refractivity contribution is 7.90. The number of nitrogens with zero attached hydrogens (tertiary/aromatic N) is 2. The van der Waals surface area contributed by atoms with E-state index in [4.69, 9.17) is 4.74 Å². The average Bonchev–Trinajstić information content (AvgIpc) is 2.63. The molecule has 0 aliphatic carbocycles. The Morgan fingerprint density at radius 1 is 1.04 bits per heavy atom. The second-order valence-electron chi connectivity index (χ2n) is 6.54. The zero-order valence-electron chi connectivity index (χ0n) is 15.6. The molecule has 0 saturated carbocycles. The minimum Gasteiger partial charge on any atom is -0.485 e. The first-order valence-corrected chi connectivity index (χ1v) is 10.4. The van der Waals surface area contributed by atoms with Crippen molar-refractivity contribution in [3.05, 3.63) is 70.9 Å². The first-order valence-electron chi connectivity index (χ1n) is 8.52. The molecule has 0 N–H and O–H groups in total. The van der Waals surface area contributed by atoms with E-state index in [1.54, 1.807) is 26.0 Å². The molecule has 3 aromatic rings. The largest absolute Gasteiger partial charge is 0.485 e. The van der Waals surface area contributed by atoms with E-state index in [2.05, 4.69) is 5.10 Å². The number of hydrogen-bond acceptors (Lipinski definition) is 5. The predicted octanol–water partition coefficient (Wildman–Crippen LogP) is 3.23. The van der Waals surface area contributed by atoms with Gasteiger partial charge in [0.1, 0.15) is 5.82 Å². The third-order valence-corrected chi connectivity index (χ3v) is 5.08. The molecular weight excluding hydrogens is 383 g/mol. The van der Waals surface area contributed by atoms with Gasteiger partial charge in [-0.2, -0.15) is 9.78 Å². The van der Waals surface area contributed by atoms with Crippen molar-refractivity contribution < 1.29 is 17.5 Å². The van der Waals surface area contributed by atoms with Crippen molar-refractivity contribution in [1.29, 1.82) is 0 Å². The van der Waals surface area contributed by atoms with Crippen LogP contribution in [0.1, 0.15) is 13.8 Å².